The molecule has 3 heterocycles. The molecule has 1 amide bonds. The Morgan fingerprint density at radius 2 is 0.867 bits per heavy atom. The number of amides is 1. The molecule has 0 spiro atoms. The highest BCUT2D eigenvalue weighted by atomic mass is 16.2. The van der Waals surface area contributed by atoms with E-state index in [9.17, 15) is 9.59 Å². The van der Waals surface area contributed by atoms with E-state index in [4.69, 9.17) is 15.0 Å². The van der Waals surface area contributed by atoms with Gasteiger partial charge < -0.3 is 16.0 Å². The molecule has 3 N–H and O–H groups in total. The maximum absolute atomic E-state index is 13.8. The molecule has 0 unspecified atom stereocenters. The van der Waals surface area contributed by atoms with Crippen LogP contribution in [0.2, 0.25) is 0 Å². The molecule has 5 aromatic carbocycles. The Morgan fingerprint density at radius 1 is 0.422 bits per heavy atom. The average Bonchev–Trinajstić information content (AvgIpc) is 3.58. The van der Waals surface area contributed by atoms with E-state index in [1.54, 1.807) is 24.3 Å². The van der Waals surface area contributed by atoms with Crippen LogP contribution in [0.5, 0.6) is 0 Å². The maximum atomic E-state index is 13.8. The molecule has 214 valence electrons. The lowest BCUT2D eigenvalue weighted by molar-refractivity contribution is -0.112. The summed E-state index contributed by atoms with van der Waals surface area (Å²) in [5.41, 5.74) is 6.66. The fourth-order valence-electron chi connectivity index (χ4n) is 5.69. The van der Waals surface area contributed by atoms with Gasteiger partial charge in [0.05, 0.1) is 28.4 Å². The zero-order valence-corrected chi connectivity index (χ0v) is 23.8. The molecule has 45 heavy (non-hydrogen) atoms. The number of benzene rings is 5. The van der Waals surface area contributed by atoms with Crippen LogP contribution in [0, 0.1) is 0 Å². The number of ketones is 1. The minimum Gasteiger partial charge on any atom is -0.338 e. The minimum absolute atomic E-state index is 0.0267. The van der Waals surface area contributed by atoms with Gasteiger partial charge in [0.2, 0.25) is 5.78 Å². The number of hydrogen-bond donors (Lipinski definition) is 3. The van der Waals surface area contributed by atoms with E-state index in [-0.39, 0.29) is 11.4 Å². The van der Waals surface area contributed by atoms with Crippen molar-refractivity contribution in [2.45, 2.75) is 0 Å². The first-order valence-corrected chi connectivity index (χ1v) is 14.5. The second-order valence-electron chi connectivity index (χ2n) is 10.7. The molecule has 0 aliphatic carbocycles. The first kappa shape index (κ1) is 26.2. The lowest BCUT2D eigenvalue weighted by atomic mass is 9.92. The summed E-state index contributed by atoms with van der Waals surface area (Å²) in [4.78, 5) is 42.1. The number of rotatable bonds is 3. The van der Waals surface area contributed by atoms with Crippen LogP contribution >= 0.6 is 0 Å². The Bertz CT molecular complexity index is 2150. The Hall–Kier alpha value is -6.41. The van der Waals surface area contributed by atoms with E-state index in [1.807, 2.05) is 103 Å². The summed E-state index contributed by atoms with van der Waals surface area (Å²) in [5, 5.41) is 9.66. The van der Waals surface area contributed by atoms with Crippen LogP contribution in [0.15, 0.2) is 148 Å². The monoisotopic (exact) mass is 584 g/mol. The van der Waals surface area contributed by atoms with Crippen molar-refractivity contribution in [2.24, 2.45) is 15.0 Å². The van der Waals surface area contributed by atoms with E-state index >= 15 is 0 Å². The van der Waals surface area contributed by atoms with Gasteiger partial charge in [0.1, 0.15) is 23.1 Å². The highest BCUT2D eigenvalue weighted by molar-refractivity contribution is 6.39. The van der Waals surface area contributed by atoms with Crippen molar-refractivity contribution >= 4 is 57.6 Å². The van der Waals surface area contributed by atoms with Gasteiger partial charge in [0.25, 0.3) is 5.91 Å². The molecular weight excluding hydrogens is 560 g/mol. The smallest absolute Gasteiger partial charge is 0.261 e. The number of amidine groups is 3. The number of anilines is 1. The molecule has 0 saturated heterocycles. The van der Waals surface area contributed by atoms with Gasteiger partial charge in [0.15, 0.2) is 0 Å². The molecule has 0 aromatic heterocycles. The number of carbonyl (C=O) groups excluding carboxylic acids is 2. The summed E-state index contributed by atoms with van der Waals surface area (Å²) in [7, 11) is 0. The van der Waals surface area contributed by atoms with E-state index in [0.717, 1.165) is 33.8 Å². The highest BCUT2D eigenvalue weighted by Crippen LogP contribution is 2.37. The Kier molecular flexibility index (Phi) is 6.24. The third-order valence-corrected chi connectivity index (χ3v) is 7.79. The summed E-state index contributed by atoms with van der Waals surface area (Å²) in [6.45, 7) is 0. The fourth-order valence-corrected chi connectivity index (χ4v) is 5.69. The van der Waals surface area contributed by atoms with Crippen molar-refractivity contribution < 1.29 is 9.59 Å². The zero-order chi connectivity index (χ0) is 30.3. The second-order valence-corrected chi connectivity index (χ2v) is 10.7. The number of aliphatic imine (C=N–C) groups is 3. The molecule has 8 heteroatoms. The third kappa shape index (κ3) is 4.71. The predicted molar refractivity (Wildman–Crippen MR) is 177 cm³/mol. The predicted octanol–water partition coefficient (Wildman–Crippen LogP) is 6.67. The topological polar surface area (TPSA) is 107 Å². The van der Waals surface area contributed by atoms with Gasteiger partial charge >= 0.3 is 0 Å². The van der Waals surface area contributed by atoms with E-state index in [2.05, 4.69) is 16.0 Å². The van der Waals surface area contributed by atoms with Crippen molar-refractivity contribution in [2.75, 3.05) is 5.32 Å². The van der Waals surface area contributed by atoms with Gasteiger partial charge in [-0.3, -0.25) is 9.59 Å². The molecule has 8 nitrogen and oxygen atoms in total. The molecule has 8 rings (SSSR count). The van der Waals surface area contributed by atoms with Crippen molar-refractivity contribution in [3.63, 3.8) is 0 Å². The number of nitrogens with zero attached hydrogens (tertiary/aromatic N) is 3. The lowest BCUT2D eigenvalue weighted by Gasteiger charge is -2.19. The van der Waals surface area contributed by atoms with Crippen LogP contribution in [-0.4, -0.2) is 29.2 Å². The molecule has 0 radical (unpaired) electrons. The molecule has 0 bridgehead atoms. The van der Waals surface area contributed by atoms with Gasteiger partial charge in [0, 0.05) is 27.8 Å². The zero-order valence-electron chi connectivity index (χ0n) is 23.8. The summed E-state index contributed by atoms with van der Waals surface area (Å²) in [6.07, 6.45) is 0. The van der Waals surface area contributed by atoms with Crippen molar-refractivity contribution in [1.29, 1.82) is 0 Å². The summed E-state index contributed by atoms with van der Waals surface area (Å²) >= 11 is 0. The first-order valence-electron chi connectivity index (χ1n) is 14.5. The SMILES string of the molecule is O=C1Nc2ccccc2C(=O)/C1=C1\NC(=Nc2ccccc2)c2cc3c(cc21)C(=Nc1ccccc1)NC3=Nc1ccccc1. The summed E-state index contributed by atoms with van der Waals surface area (Å²) in [6, 6.07) is 39.9. The number of hydrogen-bond acceptors (Lipinski definition) is 5. The highest BCUT2D eigenvalue weighted by Gasteiger charge is 2.38. The molecule has 3 aliphatic heterocycles. The molecule has 0 atom stereocenters. The van der Waals surface area contributed by atoms with Gasteiger partial charge in [-0.15, -0.1) is 0 Å². The number of fused-ring (bicyclic) bond motifs is 3. The van der Waals surface area contributed by atoms with Crippen LogP contribution < -0.4 is 16.0 Å². The van der Waals surface area contributed by atoms with Crippen LogP contribution in [0.4, 0.5) is 22.7 Å². The second kappa shape index (κ2) is 10.7. The number of para-hydroxylation sites is 4. The number of carbonyl (C=O) groups is 2. The standard InChI is InChI=1S/C37H24N6O2/c44-33-25-18-10-11-19-30(25)41-37(45)31(33)32-26-20-28-29(21-27(26)34(42-32)38-22-12-4-1-5-13-22)36(40-24-16-8-3-9-17-24)43-35(28)39-23-14-6-2-7-15-23/h1-21H,(H,38,42)(H,41,45)(H,39,40,43)/b32-31+. The average molecular weight is 585 g/mol. The van der Waals surface area contributed by atoms with Gasteiger partial charge in [-0.1, -0.05) is 66.7 Å². The lowest BCUT2D eigenvalue weighted by Crippen LogP contribution is -2.30. The van der Waals surface area contributed by atoms with Crippen molar-refractivity contribution in [3.8, 4) is 0 Å². The molecule has 0 saturated carbocycles. The largest absolute Gasteiger partial charge is 0.338 e. The van der Waals surface area contributed by atoms with Gasteiger partial charge in [-0.2, -0.15) is 0 Å². The third-order valence-electron chi connectivity index (χ3n) is 7.79. The molecule has 3 aliphatic rings. The quantitative estimate of drug-likeness (QED) is 0.163. The molecule has 5 aromatic rings. The number of Topliss-reactive ketones (excluding diaryl/α,β-unsaturated/α-hetero) is 1. The molecule has 0 fully saturated rings. The van der Waals surface area contributed by atoms with E-state index in [0.29, 0.717) is 40.0 Å². The van der Waals surface area contributed by atoms with Gasteiger partial charge in [-0.05, 0) is 60.7 Å². The maximum Gasteiger partial charge on any atom is 0.261 e. The summed E-state index contributed by atoms with van der Waals surface area (Å²) < 4.78 is 0. The Balaban J connectivity index is 1.37. The van der Waals surface area contributed by atoms with Crippen molar-refractivity contribution in [1.82, 2.24) is 10.6 Å². The Morgan fingerprint density at radius 3 is 1.42 bits per heavy atom. The Labute approximate surface area is 258 Å². The van der Waals surface area contributed by atoms with Crippen LogP contribution in [0.3, 0.4) is 0 Å². The minimum atomic E-state index is -0.476. The number of nitrogens with one attached hydrogen (secondary N) is 3. The van der Waals surface area contributed by atoms with Gasteiger partial charge in [-0.25, -0.2) is 15.0 Å². The molecular formula is C37H24N6O2. The summed E-state index contributed by atoms with van der Waals surface area (Å²) in [5.74, 6) is 0.933. The van der Waals surface area contributed by atoms with Crippen LogP contribution in [0.1, 0.15) is 32.6 Å². The van der Waals surface area contributed by atoms with Crippen LogP contribution in [0.25, 0.3) is 5.70 Å². The normalized spacial score (nSPS) is 19.2. The van der Waals surface area contributed by atoms with Crippen LogP contribution in [-0.2, 0) is 4.79 Å². The fraction of sp³-hybridized carbons (Fsp3) is 0. The first-order chi connectivity index (χ1) is 22.1. The van der Waals surface area contributed by atoms with Crippen molar-refractivity contribution in [3.05, 3.63) is 161 Å². The van der Waals surface area contributed by atoms with E-state index < -0.39 is 5.91 Å². The van der Waals surface area contributed by atoms with E-state index in [1.165, 1.54) is 0 Å².